The van der Waals surface area contributed by atoms with Gasteiger partial charge in [0.05, 0.1) is 5.75 Å². The molecular weight excluding hydrogens is 238 g/mol. The molecule has 4 nitrogen and oxygen atoms in total. The summed E-state index contributed by atoms with van der Waals surface area (Å²) in [4.78, 5) is 0. The summed E-state index contributed by atoms with van der Waals surface area (Å²) in [5, 5.41) is 0. The molecule has 1 rings (SSSR count). The van der Waals surface area contributed by atoms with Crippen molar-refractivity contribution in [2.75, 3.05) is 5.75 Å². The smallest absolute Gasteiger partial charge is 0.264 e. The Morgan fingerprint density at radius 1 is 1.07 bits per heavy atom. The molecule has 1 aromatic rings. The van der Waals surface area contributed by atoms with Crippen LogP contribution in [0.4, 0.5) is 0 Å². The first-order chi connectivity index (χ1) is 6.58. The lowest BCUT2D eigenvalue weighted by Crippen LogP contribution is -3.00. The van der Waals surface area contributed by atoms with Gasteiger partial charge in [-0.25, -0.2) is 4.57 Å². The number of rotatable bonds is 5. The summed E-state index contributed by atoms with van der Waals surface area (Å²) in [6, 6.07) is 5.76. The van der Waals surface area contributed by atoms with E-state index in [4.69, 9.17) is 4.55 Å². The molecule has 15 heavy (non-hydrogen) atoms. The van der Waals surface area contributed by atoms with Crippen LogP contribution in [0.1, 0.15) is 12.8 Å². The summed E-state index contributed by atoms with van der Waals surface area (Å²) in [7, 11) is -3.79. The molecule has 1 aromatic heterocycles. The molecule has 0 aliphatic carbocycles. The molecule has 1 N–H and O–H groups in total. The Hall–Kier alpha value is -0.650. The van der Waals surface area contributed by atoms with E-state index < -0.39 is 10.1 Å². The quantitative estimate of drug-likeness (QED) is 0.362. The highest BCUT2D eigenvalue weighted by molar-refractivity contribution is 7.85. The first-order valence-electron chi connectivity index (χ1n) is 4.47. The van der Waals surface area contributed by atoms with Crippen LogP contribution in [0.15, 0.2) is 30.6 Å². The highest BCUT2D eigenvalue weighted by Gasteiger charge is 2.04. The Kier molecular flexibility index (Phi) is 6.47. The normalized spacial score (nSPS) is 10.7. The van der Waals surface area contributed by atoms with Crippen molar-refractivity contribution in [3.05, 3.63) is 30.6 Å². The molecule has 6 heteroatoms. The zero-order chi connectivity index (χ0) is 10.4. The summed E-state index contributed by atoms with van der Waals surface area (Å²) in [6.07, 6.45) is 5.08. The molecule has 0 radical (unpaired) electrons. The second kappa shape index (κ2) is 6.76. The highest BCUT2D eigenvalue weighted by atomic mass is 35.5. The maximum absolute atomic E-state index is 10.4. The van der Waals surface area contributed by atoms with Crippen LogP contribution in [0.5, 0.6) is 0 Å². The second-order valence-electron chi connectivity index (χ2n) is 3.11. The number of nitrogens with zero attached hydrogens (tertiary/aromatic N) is 1. The van der Waals surface area contributed by atoms with Crippen molar-refractivity contribution < 1.29 is 29.9 Å². The predicted octanol–water partition coefficient (Wildman–Crippen LogP) is -2.35. The van der Waals surface area contributed by atoms with Crippen LogP contribution in [0.2, 0.25) is 0 Å². The Morgan fingerprint density at radius 2 is 1.67 bits per heavy atom. The Labute approximate surface area is 96.1 Å². The predicted molar refractivity (Wildman–Crippen MR) is 52.3 cm³/mol. The van der Waals surface area contributed by atoms with Gasteiger partial charge in [0.1, 0.15) is 6.54 Å². The minimum Gasteiger partial charge on any atom is -1.00 e. The average molecular weight is 252 g/mol. The van der Waals surface area contributed by atoms with Gasteiger partial charge in [0, 0.05) is 18.6 Å². The lowest BCUT2D eigenvalue weighted by atomic mass is 10.3. The number of aromatic nitrogens is 1. The molecule has 0 spiro atoms. The molecule has 0 aromatic carbocycles. The van der Waals surface area contributed by atoms with E-state index in [-0.39, 0.29) is 18.2 Å². The second-order valence-corrected chi connectivity index (χ2v) is 4.68. The lowest BCUT2D eigenvalue weighted by molar-refractivity contribution is -0.697. The van der Waals surface area contributed by atoms with Gasteiger partial charge in [0.2, 0.25) is 0 Å². The molecule has 0 bridgehead atoms. The van der Waals surface area contributed by atoms with E-state index in [9.17, 15) is 8.42 Å². The molecule has 0 aliphatic rings. The molecule has 86 valence electrons. The van der Waals surface area contributed by atoms with Crippen molar-refractivity contribution in [1.82, 2.24) is 0 Å². The standard InChI is InChI=1S/C9H13NO3S.ClH/c11-14(12,13)9-5-4-8-10-6-2-1-3-7-10;/h1-3,6-7H,4-5,8-9H2;1H. The van der Waals surface area contributed by atoms with Gasteiger partial charge in [0.15, 0.2) is 12.4 Å². The van der Waals surface area contributed by atoms with Gasteiger partial charge in [-0.1, -0.05) is 6.07 Å². The third kappa shape index (κ3) is 7.30. The van der Waals surface area contributed by atoms with E-state index in [0.717, 1.165) is 13.0 Å². The fourth-order valence-corrected chi connectivity index (χ4v) is 1.73. The zero-order valence-corrected chi connectivity index (χ0v) is 9.78. The SMILES string of the molecule is O=S(=O)(O)CCCC[n+]1ccccc1.[Cl-]. The van der Waals surface area contributed by atoms with Crippen LogP contribution in [-0.2, 0) is 16.7 Å². The minimum absolute atomic E-state index is 0. The van der Waals surface area contributed by atoms with E-state index in [1.165, 1.54) is 0 Å². The van der Waals surface area contributed by atoms with Crippen LogP contribution < -0.4 is 17.0 Å². The maximum Gasteiger partial charge on any atom is 0.264 e. The van der Waals surface area contributed by atoms with Crippen LogP contribution in [-0.4, -0.2) is 18.7 Å². The van der Waals surface area contributed by atoms with Gasteiger partial charge >= 0.3 is 0 Å². The average Bonchev–Trinajstić information content (AvgIpc) is 2.13. The van der Waals surface area contributed by atoms with Gasteiger partial charge in [0.25, 0.3) is 10.1 Å². The maximum atomic E-state index is 10.4. The molecule has 0 saturated heterocycles. The highest BCUT2D eigenvalue weighted by Crippen LogP contribution is 1.93. The minimum atomic E-state index is -3.79. The van der Waals surface area contributed by atoms with Crippen molar-refractivity contribution in [3.8, 4) is 0 Å². The van der Waals surface area contributed by atoms with Crippen LogP contribution in [0, 0.1) is 0 Å². The monoisotopic (exact) mass is 251 g/mol. The summed E-state index contributed by atoms with van der Waals surface area (Å²) < 4.78 is 31.2. The van der Waals surface area contributed by atoms with Crippen LogP contribution in [0.25, 0.3) is 0 Å². The largest absolute Gasteiger partial charge is 1.00 e. The van der Waals surface area contributed by atoms with Crippen molar-refractivity contribution in [1.29, 1.82) is 0 Å². The zero-order valence-electron chi connectivity index (χ0n) is 8.21. The van der Waals surface area contributed by atoms with Crippen molar-refractivity contribution in [2.45, 2.75) is 19.4 Å². The Balaban J connectivity index is 0.00000196. The van der Waals surface area contributed by atoms with Gasteiger partial charge in [-0.05, 0) is 6.42 Å². The fraction of sp³-hybridized carbons (Fsp3) is 0.444. The van der Waals surface area contributed by atoms with E-state index >= 15 is 0 Å². The number of unbranched alkanes of at least 4 members (excludes halogenated alkanes) is 1. The van der Waals surface area contributed by atoms with E-state index in [2.05, 4.69) is 0 Å². The molecule has 0 unspecified atom stereocenters. The summed E-state index contributed by atoms with van der Waals surface area (Å²) in [5.41, 5.74) is 0. The van der Waals surface area contributed by atoms with Gasteiger partial charge < -0.3 is 12.4 Å². The van der Waals surface area contributed by atoms with Gasteiger partial charge in [-0.2, -0.15) is 8.42 Å². The van der Waals surface area contributed by atoms with Crippen molar-refractivity contribution in [2.24, 2.45) is 0 Å². The summed E-state index contributed by atoms with van der Waals surface area (Å²) >= 11 is 0. The third-order valence-electron chi connectivity index (χ3n) is 1.85. The molecule has 1 heterocycles. The van der Waals surface area contributed by atoms with Gasteiger partial charge in [-0.3, -0.25) is 4.55 Å². The van der Waals surface area contributed by atoms with E-state index in [1.54, 1.807) is 0 Å². The fourth-order valence-electron chi connectivity index (χ4n) is 1.16. The van der Waals surface area contributed by atoms with Crippen molar-refractivity contribution >= 4 is 10.1 Å². The summed E-state index contributed by atoms with van der Waals surface area (Å²) in [5.74, 6) is -0.152. The molecule has 0 saturated carbocycles. The molecular formula is C9H14ClNO3S. The van der Waals surface area contributed by atoms with E-state index in [1.807, 2.05) is 35.2 Å². The third-order valence-corrected chi connectivity index (χ3v) is 2.65. The number of hydrogen-bond acceptors (Lipinski definition) is 2. The Bertz CT molecular complexity index is 366. The topological polar surface area (TPSA) is 58.3 Å². The van der Waals surface area contributed by atoms with Crippen LogP contribution >= 0.6 is 0 Å². The number of hydrogen-bond donors (Lipinski definition) is 1. The first-order valence-corrected chi connectivity index (χ1v) is 6.08. The number of pyridine rings is 1. The van der Waals surface area contributed by atoms with Crippen LogP contribution in [0.3, 0.4) is 0 Å². The number of aryl methyl sites for hydroxylation is 1. The molecule has 0 aliphatic heterocycles. The lowest BCUT2D eigenvalue weighted by Gasteiger charge is -1.96. The Morgan fingerprint density at radius 3 is 2.20 bits per heavy atom. The molecule has 0 fully saturated rings. The van der Waals surface area contributed by atoms with E-state index in [0.29, 0.717) is 6.42 Å². The molecule has 0 atom stereocenters. The van der Waals surface area contributed by atoms with Crippen molar-refractivity contribution in [3.63, 3.8) is 0 Å². The first kappa shape index (κ1) is 14.3. The molecule has 0 amide bonds. The van der Waals surface area contributed by atoms with Gasteiger partial charge in [-0.15, -0.1) is 0 Å². The number of halogens is 1. The summed E-state index contributed by atoms with van der Waals surface area (Å²) in [6.45, 7) is 0.774.